The van der Waals surface area contributed by atoms with Crippen molar-refractivity contribution in [1.82, 2.24) is 15.2 Å². The van der Waals surface area contributed by atoms with E-state index in [0.29, 0.717) is 6.04 Å². The molecular formula is C16H29ClN4. The Labute approximate surface area is 135 Å². The molecule has 1 unspecified atom stereocenters. The molecule has 1 aromatic rings. The SMILES string of the molecule is CCCN(Cc1ccc(N(C)CC)nc1)C1CCNC1.Cl. The summed E-state index contributed by atoms with van der Waals surface area (Å²) in [6, 6.07) is 5.04. The van der Waals surface area contributed by atoms with Gasteiger partial charge in [0.1, 0.15) is 5.82 Å². The van der Waals surface area contributed by atoms with Crippen LogP contribution in [-0.2, 0) is 6.54 Å². The van der Waals surface area contributed by atoms with Gasteiger partial charge >= 0.3 is 0 Å². The molecule has 21 heavy (non-hydrogen) atoms. The van der Waals surface area contributed by atoms with E-state index >= 15 is 0 Å². The molecule has 0 bridgehead atoms. The van der Waals surface area contributed by atoms with Crippen LogP contribution in [0.2, 0.25) is 0 Å². The van der Waals surface area contributed by atoms with Gasteiger partial charge in [0.2, 0.25) is 0 Å². The Bertz CT molecular complexity index is 390. The van der Waals surface area contributed by atoms with Crippen LogP contribution in [0.1, 0.15) is 32.3 Å². The second kappa shape index (κ2) is 9.23. The lowest BCUT2D eigenvalue weighted by molar-refractivity contribution is 0.199. The lowest BCUT2D eigenvalue weighted by Gasteiger charge is -2.28. The van der Waals surface area contributed by atoms with Gasteiger partial charge in [-0.3, -0.25) is 4.90 Å². The maximum Gasteiger partial charge on any atom is 0.128 e. The molecule has 1 aromatic heterocycles. The highest BCUT2D eigenvalue weighted by molar-refractivity contribution is 5.85. The van der Waals surface area contributed by atoms with Gasteiger partial charge in [-0.05, 0) is 44.5 Å². The smallest absolute Gasteiger partial charge is 0.128 e. The number of nitrogens with zero attached hydrogens (tertiary/aromatic N) is 3. The van der Waals surface area contributed by atoms with E-state index in [9.17, 15) is 0 Å². The first-order valence-corrected chi connectivity index (χ1v) is 7.85. The van der Waals surface area contributed by atoms with Crippen LogP contribution in [-0.4, -0.2) is 49.2 Å². The molecule has 1 aliphatic heterocycles. The van der Waals surface area contributed by atoms with Gasteiger partial charge in [-0.25, -0.2) is 4.98 Å². The fraction of sp³-hybridized carbons (Fsp3) is 0.688. The van der Waals surface area contributed by atoms with Crippen molar-refractivity contribution in [1.29, 1.82) is 0 Å². The fourth-order valence-electron chi connectivity index (χ4n) is 2.76. The molecule has 0 aliphatic carbocycles. The third-order valence-corrected chi connectivity index (χ3v) is 4.12. The second-order valence-corrected chi connectivity index (χ2v) is 5.66. The highest BCUT2D eigenvalue weighted by Gasteiger charge is 2.21. The summed E-state index contributed by atoms with van der Waals surface area (Å²) in [4.78, 5) is 9.33. The standard InChI is InChI=1S/C16H28N4.ClH/c1-4-10-20(15-8-9-17-12-15)13-14-6-7-16(18-11-14)19(3)5-2;/h6-7,11,15,17H,4-5,8-10,12-13H2,1-3H3;1H. The maximum atomic E-state index is 4.57. The van der Waals surface area contributed by atoms with Crippen molar-refractivity contribution < 1.29 is 0 Å². The summed E-state index contributed by atoms with van der Waals surface area (Å²) in [6.07, 6.45) is 4.51. The Morgan fingerprint density at radius 3 is 2.67 bits per heavy atom. The van der Waals surface area contributed by atoms with E-state index in [1.165, 1.54) is 24.9 Å². The fourth-order valence-corrected chi connectivity index (χ4v) is 2.76. The van der Waals surface area contributed by atoms with Crippen LogP contribution in [0.3, 0.4) is 0 Å². The quantitative estimate of drug-likeness (QED) is 0.838. The van der Waals surface area contributed by atoms with E-state index in [2.05, 4.69) is 53.1 Å². The minimum atomic E-state index is 0. The molecule has 5 heteroatoms. The van der Waals surface area contributed by atoms with E-state index in [0.717, 1.165) is 32.0 Å². The van der Waals surface area contributed by atoms with E-state index in [4.69, 9.17) is 0 Å². The van der Waals surface area contributed by atoms with Crippen molar-refractivity contribution in [3.8, 4) is 0 Å². The first-order chi connectivity index (χ1) is 9.74. The highest BCUT2D eigenvalue weighted by atomic mass is 35.5. The number of hydrogen-bond donors (Lipinski definition) is 1. The molecule has 0 saturated carbocycles. The van der Waals surface area contributed by atoms with Crippen molar-refractivity contribution in [2.45, 2.75) is 39.3 Å². The third-order valence-electron chi connectivity index (χ3n) is 4.12. The van der Waals surface area contributed by atoms with Crippen LogP contribution < -0.4 is 10.2 Å². The number of nitrogens with one attached hydrogen (secondary N) is 1. The summed E-state index contributed by atoms with van der Waals surface area (Å²) in [6.45, 7) is 9.86. The molecule has 1 atom stereocenters. The average Bonchev–Trinajstić information content (AvgIpc) is 3.01. The molecule has 1 N–H and O–H groups in total. The third kappa shape index (κ3) is 5.13. The van der Waals surface area contributed by atoms with Crippen LogP contribution in [0.4, 0.5) is 5.82 Å². The van der Waals surface area contributed by atoms with E-state index in [1.807, 2.05) is 6.20 Å². The van der Waals surface area contributed by atoms with Crippen molar-refractivity contribution in [2.24, 2.45) is 0 Å². The van der Waals surface area contributed by atoms with E-state index in [1.54, 1.807) is 0 Å². The lowest BCUT2D eigenvalue weighted by atomic mass is 10.1. The van der Waals surface area contributed by atoms with Gasteiger partial charge in [0.25, 0.3) is 0 Å². The Morgan fingerprint density at radius 2 is 2.14 bits per heavy atom. The average molecular weight is 313 g/mol. The molecule has 0 aromatic carbocycles. The van der Waals surface area contributed by atoms with Crippen LogP contribution in [0.5, 0.6) is 0 Å². The second-order valence-electron chi connectivity index (χ2n) is 5.66. The Kier molecular flexibility index (Phi) is 8.01. The predicted molar refractivity (Wildman–Crippen MR) is 92.4 cm³/mol. The number of anilines is 1. The van der Waals surface area contributed by atoms with Crippen LogP contribution in [0, 0.1) is 0 Å². The summed E-state index contributed by atoms with van der Waals surface area (Å²) >= 11 is 0. The summed E-state index contributed by atoms with van der Waals surface area (Å²) in [5, 5.41) is 3.46. The molecule has 2 heterocycles. The topological polar surface area (TPSA) is 31.4 Å². The molecule has 1 saturated heterocycles. The molecule has 1 fully saturated rings. The minimum absolute atomic E-state index is 0. The summed E-state index contributed by atoms with van der Waals surface area (Å²) in [5.74, 6) is 1.06. The lowest BCUT2D eigenvalue weighted by Crippen LogP contribution is -2.36. The molecule has 120 valence electrons. The van der Waals surface area contributed by atoms with Crippen molar-refractivity contribution in [3.05, 3.63) is 23.9 Å². The number of rotatable bonds is 7. The van der Waals surface area contributed by atoms with Gasteiger partial charge in [-0.1, -0.05) is 13.0 Å². The van der Waals surface area contributed by atoms with Gasteiger partial charge in [-0.2, -0.15) is 0 Å². The first-order valence-electron chi connectivity index (χ1n) is 7.85. The Hall–Kier alpha value is -0.840. The van der Waals surface area contributed by atoms with Crippen LogP contribution in [0.15, 0.2) is 18.3 Å². The molecule has 4 nitrogen and oxygen atoms in total. The van der Waals surface area contributed by atoms with Gasteiger partial charge < -0.3 is 10.2 Å². The predicted octanol–water partition coefficient (Wildman–Crippen LogP) is 2.53. The highest BCUT2D eigenvalue weighted by Crippen LogP contribution is 2.15. The zero-order valence-electron chi connectivity index (χ0n) is 13.5. The number of aromatic nitrogens is 1. The molecular weight excluding hydrogens is 284 g/mol. The van der Waals surface area contributed by atoms with E-state index in [-0.39, 0.29) is 12.4 Å². The molecule has 0 radical (unpaired) electrons. The van der Waals surface area contributed by atoms with Crippen molar-refractivity contribution in [3.63, 3.8) is 0 Å². The number of halogens is 1. The zero-order valence-corrected chi connectivity index (χ0v) is 14.3. The maximum absolute atomic E-state index is 4.57. The van der Waals surface area contributed by atoms with Crippen LogP contribution in [0.25, 0.3) is 0 Å². The molecule has 2 rings (SSSR count). The van der Waals surface area contributed by atoms with Gasteiger partial charge in [0, 0.05) is 38.9 Å². The monoisotopic (exact) mass is 312 g/mol. The van der Waals surface area contributed by atoms with E-state index < -0.39 is 0 Å². The van der Waals surface area contributed by atoms with Gasteiger partial charge in [0.05, 0.1) is 0 Å². The minimum Gasteiger partial charge on any atom is -0.360 e. The van der Waals surface area contributed by atoms with Crippen molar-refractivity contribution >= 4 is 18.2 Å². The van der Waals surface area contributed by atoms with Gasteiger partial charge in [-0.15, -0.1) is 12.4 Å². The summed E-state index contributed by atoms with van der Waals surface area (Å²) in [7, 11) is 2.08. The molecule has 1 aliphatic rings. The number of hydrogen-bond acceptors (Lipinski definition) is 4. The molecule has 0 amide bonds. The van der Waals surface area contributed by atoms with Crippen LogP contribution >= 0.6 is 12.4 Å². The molecule has 0 spiro atoms. The summed E-state index contributed by atoms with van der Waals surface area (Å²) < 4.78 is 0. The zero-order chi connectivity index (χ0) is 14.4. The number of pyridine rings is 1. The Morgan fingerprint density at radius 1 is 1.33 bits per heavy atom. The van der Waals surface area contributed by atoms with Gasteiger partial charge in [0.15, 0.2) is 0 Å². The van der Waals surface area contributed by atoms with Crippen molar-refractivity contribution in [2.75, 3.05) is 38.1 Å². The largest absolute Gasteiger partial charge is 0.360 e. The first kappa shape index (κ1) is 18.2. The normalized spacial score (nSPS) is 17.8. The Balaban J connectivity index is 0.00000220. The summed E-state index contributed by atoms with van der Waals surface area (Å²) in [5.41, 5.74) is 1.32.